The summed E-state index contributed by atoms with van der Waals surface area (Å²) < 4.78 is 7.38. The fourth-order valence-electron chi connectivity index (χ4n) is 3.94. The number of rotatable bonds is 2. The standard InChI is InChI=1S/C22H24N6O/c1-16-15-29-12-11-27(16)21-13-18(8-7-17-5-3-2-4-6-17)19-14-24-28(22(19)25-21)20-9-10-23-26-20/h5,9-10,13-14,16H,2-4,6,11-12,15H2,1H3,(H,23,26)/t16-/m1/s1. The third-order valence-electron chi connectivity index (χ3n) is 5.54. The Balaban J connectivity index is 1.64. The molecule has 5 rings (SSSR count). The van der Waals surface area contributed by atoms with Gasteiger partial charge < -0.3 is 9.64 Å². The van der Waals surface area contributed by atoms with Gasteiger partial charge in [-0.25, -0.2) is 4.98 Å². The summed E-state index contributed by atoms with van der Waals surface area (Å²) in [4.78, 5) is 7.24. The second kappa shape index (κ2) is 7.72. The first kappa shape index (κ1) is 18.0. The van der Waals surface area contributed by atoms with E-state index in [1.807, 2.05) is 12.3 Å². The van der Waals surface area contributed by atoms with Crippen molar-refractivity contribution in [2.75, 3.05) is 24.7 Å². The second-order valence-corrected chi connectivity index (χ2v) is 7.60. The maximum atomic E-state index is 5.61. The van der Waals surface area contributed by atoms with Crippen LogP contribution in [0.25, 0.3) is 16.9 Å². The third-order valence-corrected chi connectivity index (χ3v) is 5.54. The number of hydrogen-bond acceptors (Lipinski definition) is 5. The molecule has 1 fully saturated rings. The number of nitrogens with zero attached hydrogens (tertiary/aromatic N) is 5. The quantitative estimate of drug-likeness (QED) is 0.683. The van der Waals surface area contributed by atoms with Gasteiger partial charge in [-0.15, -0.1) is 0 Å². The number of fused-ring (bicyclic) bond motifs is 1. The lowest BCUT2D eigenvalue weighted by Gasteiger charge is -2.34. The fourth-order valence-corrected chi connectivity index (χ4v) is 3.94. The molecular formula is C22H24N6O. The average molecular weight is 388 g/mol. The molecule has 1 atom stereocenters. The van der Waals surface area contributed by atoms with E-state index in [1.165, 1.54) is 18.4 Å². The molecule has 1 aliphatic heterocycles. The Morgan fingerprint density at radius 1 is 1.24 bits per heavy atom. The van der Waals surface area contributed by atoms with Gasteiger partial charge in [0.25, 0.3) is 0 Å². The number of pyridine rings is 1. The molecule has 3 aromatic heterocycles. The van der Waals surface area contributed by atoms with E-state index in [4.69, 9.17) is 9.72 Å². The van der Waals surface area contributed by atoms with Crippen LogP contribution in [0.2, 0.25) is 0 Å². The lowest BCUT2D eigenvalue weighted by molar-refractivity contribution is 0.0985. The summed E-state index contributed by atoms with van der Waals surface area (Å²) in [6, 6.07) is 4.24. The smallest absolute Gasteiger partial charge is 0.177 e. The van der Waals surface area contributed by atoms with Crippen LogP contribution in [0.15, 0.2) is 36.2 Å². The Morgan fingerprint density at radius 2 is 2.21 bits per heavy atom. The number of aromatic amines is 1. The summed E-state index contributed by atoms with van der Waals surface area (Å²) in [6.07, 6.45) is 10.6. The summed E-state index contributed by atoms with van der Waals surface area (Å²) in [5.74, 6) is 8.44. The molecule has 1 aliphatic carbocycles. The normalized spacial score (nSPS) is 19.7. The Morgan fingerprint density at radius 3 is 3.00 bits per heavy atom. The van der Waals surface area contributed by atoms with Gasteiger partial charge in [0.05, 0.1) is 30.8 Å². The van der Waals surface area contributed by atoms with Crippen molar-refractivity contribution in [2.45, 2.75) is 38.6 Å². The lowest BCUT2D eigenvalue weighted by Crippen LogP contribution is -2.44. The number of anilines is 1. The number of morpholine rings is 1. The fraction of sp³-hybridized carbons (Fsp3) is 0.409. The number of allylic oxidation sites excluding steroid dienone is 2. The molecule has 0 bridgehead atoms. The van der Waals surface area contributed by atoms with Crippen LogP contribution in [0.3, 0.4) is 0 Å². The topological polar surface area (TPSA) is 71.9 Å². The Kier molecular flexibility index (Phi) is 4.78. The van der Waals surface area contributed by atoms with E-state index in [0.717, 1.165) is 41.8 Å². The largest absolute Gasteiger partial charge is 0.377 e. The summed E-state index contributed by atoms with van der Waals surface area (Å²) in [6.45, 7) is 4.38. The number of hydrogen-bond donors (Lipinski definition) is 1. The molecule has 7 heteroatoms. The van der Waals surface area contributed by atoms with E-state index in [2.05, 4.69) is 51.1 Å². The molecule has 1 saturated heterocycles. The monoisotopic (exact) mass is 388 g/mol. The second-order valence-electron chi connectivity index (χ2n) is 7.60. The Labute approximate surface area is 169 Å². The van der Waals surface area contributed by atoms with Crippen LogP contribution >= 0.6 is 0 Å². The lowest BCUT2D eigenvalue weighted by atomic mass is 10.00. The van der Waals surface area contributed by atoms with E-state index >= 15 is 0 Å². The molecule has 0 radical (unpaired) electrons. The minimum absolute atomic E-state index is 0.261. The van der Waals surface area contributed by atoms with Crippen LogP contribution in [-0.2, 0) is 4.74 Å². The highest BCUT2D eigenvalue weighted by atomic mass is 16.5. The van der Waals surface area contributed by atoms with Crippen LogP contribution in [0.4, 0.5) is 5.82 Å². The van der Waals surface area contributed by atoms with Gasteiger partial charge in [0.2, 0.25) is 0 Å². The van der Waals surface area contributed by atoms with Crippen LogP contribution in [0.5, 0.6) is 0 Å². The molecule has 0 aromatic carbocycles. The van der Waals surface area contributed by atoms with Gasteiger partial charge in [-0.3, -0.25) is 5.10 Å². The minimum Gasteiger partial charge on any atom is -0.377 e. The van der Waals surface area contributed by atoms with Gasteiger partial charge in [-0.2, -0.15) is 14.9 Å². The van der Waals surface area contributed by atoms with Gasteiger partial charge in [0.1, 0.15) is 5.82 Å². The first-order chi connectivity index (χ1) is 14.3. The number of nitrogens with one attached hydrogen (secondary N) is 1. The highest BCUT2D eigenvalue weighted by Gasteiger charge is 2.22. The first-order valence-corrected chi connectivity index (χ1v) is 10.2. The SMILES string of the molecule is C[C@@H]1COCCN1c1cc(C#CC2=CCCCC2)c2cnn(-c3cc[nH]n3)c2n1. The molecule has 2 aliphatic rings. The zero-order valence-corrected chi connectivity index (χ0v) is 16.6. The third kappa shape index (κ3) is 3.52. The van der Waals surface area contributed by atoms with Gasteiger partial charge in [0, 0.05) is 24.4 Å². The maximum absolute atomic E-state index is 5.61. The summed E-state index contributed by atoms with van der Waals surface area (Å²) in [7, 11) is 0. The molecule has 0 saturated carbocycles. The van der Waals surface area contributed by atoms with Crippen LogP contribution < -0.4 is 4.90 Å². The van der Waals surface area contributed by atoms with Crippen molar-refractivity contribution in [1.29, 1.82) is 0 Å². The molecule has 0 spiro atoms. The highest BCUT2D eigenvalue weighted by molar-refractivity contribution is 5.85. The molecule has 29 heavy (non-hydrogen) atoms. The van der Waals surface area contributed by atoms with Gasteiger partial charge in [-0.1, -0.05) is 17.9 Å². The van der Waals surface area contributed by atoms with Crippen LogP contribution in [-0.4, -0.2) is 50.8 Å². The maximum Gasteiger partial charge on any atom is 0.177 e. The van der Waals surface area contributed by atoms with Crippen molar-refractivity contribution in [3.63, 3.8) is 0 Å². The summed E-state index contributed by atoms with van der Waals surface area (Å²) >= 11 is 0. The van der Waals surface area contributed by atoms with Crippen molar-refractivity contribution >= 4 is 16.9 Å². The molecule has 0 unspecified atom stereocenters. The van der Waals surface area contributed by atoms with Crippen LogP contribution in [0.1, 0.15) is 38.2 Å². The van der Waals surface area contributed by atoms with Crippen molar-refractivity contribution in [3.8, 4) is 17.7 Å². The molecule has 3 aromatic rings. The predicted octanol–water partition coefficient (Wildman–Crippen LogP) is 3.22. The zero-order chi connectivity index (χ0) is 19.6. The average Bonchev–Trinajstić information content (AvgIpc) is 3.42. The zero-order valence-electron chi connectivity index (χ0n) is 16.6. The molecule has 0 amide bonds. The number of aromatic nitrogens is 5. The van der Waals surface area contributed by atoms with E-state index in [-0.39, 0.29) is 6.04 Å². The number of H-pyrrole nitrogens is 1. The minimum atomic E-state index is 0.261. The van der Waals surface area contributed by atoms with E-state index in [1.54, 1.807) is 10.9 Å². The molecule has 148 valence electrons. The van der Waals surface area contributed by atoms with Gasteiger partial charge in [-0.05, 0) is 44.2 Å². The van der Waals surface area contributed by atoms with E-state index in [9.17, 15) is 0 Å². The van der Waals surface area contributed by atoms with Crippen LogP contribution in [0, 0.1) is 11.8 Å². The molecule has 7 nitrogen and oxygen atoms in total. The van der Waals surface area contributed by atoms with Crippen molar-refractivity contribution in [3.05, 3.63) is 41.7 Å². The molecule has 1 N–H and O–H groups in total. The van der Waals surface area contributed by atoms with Crippen molar-refractivity contribution < 1.29 is 4.74 Å². The Hall–Kier alpha value is -3.11. The molecular weight excluding hydrogens is 364 g/mol. The summed E-state index contributed by atoms with van der Waals surface area (Å²) in [5.41, 5.74) is 2.97. The first-order valence-electron chi connectivity index (χ1n) is 10.2. The van der Waals surface area contributed by atoms with Crippen molar-refractivity contribution in [1.82, 2.24) is 25.0 Å². The Bertz CT molecular complexity index is 1100. The van der Waals surface area contributed by atoms with E-state index in [0.29, 0.717) is 19.0 Å². The highest BCUT2D eigenvalue weighted by Crippen LogP contribution is 2.26. The number of ether oxygens (including phenoxy) is 1. The molecule has 4 heterocycles. The van der Waals surface area contributed by atoms with Crippen molar-refractivity contribution in [2.24, 2.45) is 0 Å². The van der Waals surface area contributed by atoms with E-state index < -0.39 is 0 Å². The van der Waals surface area contributed by atoms with Gasteiger partial charge in [0.15, 0.2) is 11.5 Å². The summed E-state index contributed by atoms with van der Waals surface area (Å²) in [5, 5.41) is 12.6. The van der Waals surface area contributed by atoms with Gasteiger partial charge >= 0.3 is 0 Å². The predicted molar refractivity (Wildman–Crippen MR) is 112 cm³/mol.